The number of carbonyl (C=O) groups is 2. The molecule has 1 aromatic heterocycles. The SMILES string of the molecule is COc1ccc2c(c1)[C@]1(O[C@@H](CCn3cc(CCO)nn3)[C@H]([Si](C)(C)F)[C@H]1C)C(=O)N2Cc1cccc(N2CCCCCCC2=O)c1. The number of anilines is 2. The maximum atomic E-state index is 16.3. The van der Waals surface area contributed by atoms with E-state index in [0.717, 1.165) is 42.6 Å². The molecular weight excluding hydrogens is 617 g/mol. The summed E-state index contributed by atoms with van der Waals surface area (Å²) in [6.07, 6.45) is 6.73. The van der Waals surface area contributed by atoms with Gasteiger partial charge in [0.05, 0.1) is 31.1 Å². The van der Waals surface area contributed by atoms with Crippen LogP contribution < -0.4 is 14.5 Å². The van der Waals surface area contributed by atoms with Crippen molar-refractivity contribution in [2.45, 2.75) is 95.3 Å². The molecule has 47 heavy (non-hydrogen) atoms. The second-order valence-electron chi connectivity index (χ2n) is 13.7. The topological polar surface area (TPSA) is 110 Å². The minimum absolute atomic E-state index is 0.0175. The molecule has 3 aliphatic heterocycles. The Morgan fingerprint density at radius 3 is 2.70 bits per heavy atom. The molecule has 4 heterocycles. The van der Waals surface area contributed by atoms with E-state index in [1.165, 1.54) is 0 Å². The van der Waals surface area contributed by atoms with Gasteiger partial charge in [-0.25, -0.2) is 0 Å². The monoisotopic (exact) mass is 663 g/mol. The van der Waals surface area contributed by atoms with Crippen molar-refractivity contribution in [1.82, 2.24) is 15.0 Å². The summed E-state index contributed by atoms with van der Waals surface area (Å²) in [5, 5.41) is 17.6. The molecular formula is C35H46FN5O5Si. The van der Waals surface area contributed by atoms with E-state index < -0.39 is 31.6 Å². The number of nitrogens with zero attached hydrogens (tertiary/aromatic N) is 5. The van der Waals surface area contributed by atoms with Crippen molar-refractivity contribution >= 4 is 31.6 Å². The van der Waals surface area contributed by atoms with Gasteiger partial charge in [-0.15, -0.1) is 5.10 Å². The molecule has 1 N–H and O–H groups in total. The molecule has 2 saturated heterocycles. The van der Waals surface area contributed by atoms with Crippen LogP contribution in [0.5, 0.6) is 5.75 Å². The number of halogens is 1. The van der Waals surface area contributed by atoms with Gasteiger partial charge in [0.2, 0.25) is 14.3 Å². The van der Waals surface area contributed by atoms with Gasteiger partial charge in [0.1, 0.15) is 5.75 Å². The van der Waals surface area contributed by atoms with Crippen LogP contribution in [-0.2, 0) is 39.4 Å². The van der Waals surface area contributed by atoms with Crippen LogP contribution in [0.2, 0.25) is 18.6 Å². The standard InChI is InChI=1S/C35H46FN5O5Si/c1-24-33(47(3,4)36)31(15-18-39-23-26(16-19-42)37-38-39)46-35(24)29-21-28(45-2)13-14-30(29)41(34(35)44)22-25-10-9-11-27(20-25)40-17-8-6-5-7-12-32(40)43/h9-11,13-14,20-21,23-24,31,33,42H,5-8,12,15-19,22H2,1-4H3/t24-,31+,33-,35+/m1/s1. The summed E-state index contributed by atoms with van der Waals surface area (Å²) in [6, 6.07) is 13.5. The Labute approximate surface area is 277 Å². The molecule has 0 saturated carbocycles. The highest BCUT2D eigenvalue weighted by molar-refractivity contribution is 6.72. The molecule has 4 atom stereocenters. The predicted octanol–water partition coefficient (Wildman–Crippen LogP) is 5.53. The van der Waals surface area contributed by atoms with Crippen molar-refractivity contribution in [2.75, 3.05) is 30.1 Å². The van der Waals surface area contributed by atoms with Crippen LogP contribution in [0.15, 0.2) is 48.7 Å². The Morgan fingerprint density at radius 2 is 1.94 bits per heavy atom. The molecule has 12 heteroatoms. The molecule has 0 bridgehead atoms. The first kappa shape index (κ1) is 33.3. The number of rotatable bonds is 10. The van der Waals surface area contributed by atoms with Crippen LogP contribution in [0.1, 0.15) is 62.3 Å². The van der Waals surface area contributed by atoms with Gasteiger partial charge in [0.15, 0.2) is 5.60 Å². The summed E-state index contributed by atoms with van der Waals surface area (Å²) in [6.45, 7) is 6.73. The van der Waals surface area contributed by atoms with E-state index in [1.54, 1.807) is 36.0 Å². The molecule has 252 valence electrons. The van der Waals surface area contributed by atoms with Gasteiger partial charge in [0, 0.05) is 61.4 Å². The Hall–Kier alpha value is -3.61. The zero-order chi connectivity index (χ0) is 33.3. The first-order valence-corrected chi connectivity index (χ1v) is 19.8. The summed E-state index contributed by atoms with van der Waals surface area (Å²) >= 11 is 0. The van der Waals surface area contributed by atoms with Gasteiger partial charge >= 0.3 is 0 Å². The van der Waals surface area contributed by atoms with Gasteiger partial charge < -0.3 is 28.5 Å². The summed E-state index contributed by atoms with van der Waals surface area (Å²) < 4.78 is 30.5. The zero-order valence-electron chi connectivity index (χ0n) is 27.8. The van der Waals surface area contributed by atoms with Gasteiger partial charge in [-0.1, -0.05) is 37.1 Å². The third-order valence-electron chi connectivity index (χ3n) is 10.2. The van der Waals surface area contributed by atoms with Crippen LogP contribution in [0.4, 0.5) is 15.5 Å². The van der Waals surface area contributed by atoms with Crippen LogP contribution >= 0.6 is 0 Å². The fourth-order valence-electron chi connectivity index (χ4n) is 7.95. The van der Waals surface area contributed by atoms with E-state index in [0.29, 0.717) is 49.4 Å². The molecule has 10 nitrogen and oxygen atoms in total. The molecule has 3 aliphatic rings. The number of hydrogen-bond donors (Lipinski definition) is 1. The number of hydrogen-bond acceptors (Lipinski definition) is 7. The summed E-state index contributed by atoms with van der Waals surface area (Å²) in [5.74, 6) is 0.0853. The summed E-state index contributed by atoms with van der Waals surface area (Å²) in [4.78, 5) is 31.5. The number of ether oxygens (including phenoxy) is 2. The largest absolute Gasteiger partial charge is 0.497 e. The highest BCUT2D eigenvalue weighted by Crippen LogP contribution is 2.60. The van der Waals surface area contributed by atoms with Gasteiger partial charge in [-0.2, -0.15) is 0 Å². The number of aliphatic hydroxyl groups is 1. The maximum absolute atomic E-state index is 16.3. The fourth-order valence-corrected chi connectivity index (χ4v) is 10.5. The van der Waals surface area contributed by atoms with Crippen LogP contribution in [-0.4, -0.2) is 66.7 Å². The molecule has 2 amide bonds. The van der Waals surface area contributed by atoms with Gasteiger partial charge in [-0.05, 0) is 68.3 Å². The van der Waals surface area contributed by atoms with Crippen molar-refractivity contribution in [3.8, 4) is 5.75 Å². The third-order valence-corrected chi connectivity index (χ3v) is 12.6. The first-order chi connectivity index (χ1) is 22.6. The molecule has 0 aliphatic carbocycles. The molecule has 0 radical (unpaired) electrons. The van der Waals surface area contributed by atoms with E-state index in [1.807, 2.05) is 54.3 Å². The lowest BCUT2D eigenvalue weighted by molar-refractivity contribution is -0.146. The number of methoxy groups -OCH3 is 1. The summed E-state index contributed by atoms with van der Waals surface area (Å²) in [7, 11) is -1.75. The Bertz CT molecular complexity index is 1610. The second-order valence-corrected chi connectivity index (χ2v) is 17.5. The Balaban J connectivity index is 1.33. The normalized spacial score (nSPS) is 24.9. The number of amides is 2. The van der Waals surface area contributed by atoms with Crippen LogP contribution in [0.25, 0.3) is 0 Å². The average Bonchev–Trinajstić information content (AvgIpc) is 3.68. The van der Waals surface area contributed by atoms with Gasteiger partial charge in [-0.3, -0.25) is 14.3 Å². The van der Waals surface area contributed by atoms with E-state index >= 15 is 4.11 Å². The van der Waals surface area contributed by atoms with E-state index in [-0.39, 0.29) is 25.0 Å². The Kier molecular flexibility index (Phi) is 9.55. The fraction of sp³-hybridized carbons (Fsp3) is 0.543. The number of carbonyl (C=O) groups excluding carboxylic acids is 2. The van der Waals surface area contributed by atoms with Crippen molar-refractivity contribution in [3.05, 3.63) is 65.5 Å². The maximum Gasteiger partial charge on any atom is 0.264 e. The second kappa shape index (κ2) is 13.5. The van der Waals surface area contributed by atoms with E-state index in [4.69, 9.17) is 9.47 Å². The number of aryl methyl sites for hydroxylation is 1. The van der Waals surface area contributed by atoms with Crippen LogP contribution in [0.3, 0.4) is 0 Å². The number of aromatic nitrogens is 3. The Morgan fingerprint density at radius 1 is 1.13 bits per heavy atom. The number of aliphatic hydroxyl groups excluding tert-OH is 1. The highest BCUT2D eigenvalue weighted by Gasteiger charge is 2.66. The minimum Gasteiger partial charge on any atom is -0.497 e. The molecule has 3 aromatic rings. The highest BCUT2D eigenvalue weighted by atomic mass is 28.4. The van der Waals surface area contributed by atoms with Crippen molar-refractivity contribution in [1.29, 1.82) is 0 Å². The lowest BCUT2D eigenvalue weighted by atomic mass is 9.82. The van der Waals surface area contributed by atoms with Gasteiger partial charge in [0.25, 0.3) is 5.91 Å². The first-order valence-electron chi connectivity index (χ1n) is 16.8. The smallest absolute Gasteiger partial charge is 0.264 e. The molecule has 1 spiro atoms. The van der Waals surface area contributed by atoms with Crippen molar-refractivity contribution < 1.29 is 28.3 Å². The lowest BCUT2D eigenvalue weighted by Crippen LogP contribution is -2.45. The lowest BCUT2D eigenvalue weighted by Gasteiger charge is -2.31. The molecule has 0 unspecified atom stereocenters. The quantitative estimate of drug-likeness (QED) is 0.224. The van der Waals surface area contributed by atoms with E-state index in [9.17, 15) is 14.7 Å². The number of benzene rings is 2. The zero-order valence-corrected chi connectivity index (χ0v) is 28.8. The summed E-state index contributed by atoms with van der Waals surface area (Å²) in [5.41, 5.74) is 2.01. The molecule has 6 rings (SSSR count). The third kappa shape index (κ3) is 6.34. The van der Waals surface area contributed by atoms with E-state index in [2.05, 4.69) is 10.3 Å². The van der Waals surface area contributed by atoms with Crippen molar-refractivity contribution in [3.63, 3.8) is 0 Å². The predicted molar refractivity (Wildman–Crippen MR) is 180 cm³/mol. The minimum atomic E-state index is -3.34. The van der Waals surface area contributed by atoms with Crippen LogP contribution in [0, 0.1) is 5.92 Å². The molecule has 2 fully saturated rings. The molecule has 2 aromatic carbocycles. The average molecular weight is 664 g/mol. The van der Waals surface area contributed by atoms with Crippen molar-refractivity contribution in [2.24, 2.45) is 5.92 Å². The number of fused-ring (bicyclic) bond motifs is 2.